The van der Waals surface area contributed by atoms with Crippen molar-refractivity contribution in [3.63, 3.8) is 0 Å². The van der Waals surface area contributed by atoms with Gasteiger partial charge in [-0.2, -0.15) is 9.78 Å². The van der Waals surface area contributed by atoms with Gasteiger partial charge in [0.1, 0.15) is 10.6 Å². The molecule has 210 valence electrons. The smallest absolute Gasteiger partial charge is 0.347 e. The SMILES string of the molecule is CCOC(=O)[C@@H](C)Oc1c(OCC)cc(C=Nn2c(-c3cc4ccccc4o3)nc3ccccc3c2=O)c(Br)c1Cl. The van der Waals surface area contributed by atoms with Crippen molar-refractivity contribution in [2.45, 2.75) is 26.9 Å². The lowest BCUT2D eigenvalue weighted by Crippen LogP contribution is -2.26. The molecule has 0 fully saturated rings. The molecule has 0 bridgehead atoms. The van der Waals surface area contributed by atoms with Crippen LogP contribution < -0.4 is 15.0 Å². The summed E-state index contributed by atoms with van der Waals surface area (Å²) in [5.41, 5.74) is 1.28. The molecule has 2 heterocycles. The Morgan fingerprint density at radius 2 is 1.90 bits per heavy atom. The second-order valence-corrected chi connectivity index (χ2v) is 10.00. The number of benzene rings is 3. The van der Waals surface area contributed by atoms with Gasteiger partial charge in [-0.15, -0.1) is 0 Å². The van der Waals surface area contributed by atoms with Crippen molar-refractivity contribution in [3.05, 3.63) is 86.1 Å². The Kier molecular flexibility index (Phi) is 8.41. The van der Waals surface area contributed by atoms with E-state index in [2.05, 4.69) is 21.0 Å². The molecule has 0 saturated heterocycles. The van der Waals surface area contributed by atoms with Crippen LogP contribution >= 0.6 is 27.5 Å². The number of nitrogens with zero attached hydrogens (tertiary/aromatic N) is 3. The lowest BCUT2D eigenvalue weighted by molar-refractivity contribution is -0.150. The maximum atomic E-state index is 13.6. The fourth-order valence-electron chi connectivity index (χ4n) is 4.16. The second kappa shape index (κ2) is 12.2. The molecule has 9 nitrogen and oxygen atoms in total. The number of halogens is 2. The van der Waals surface area contributed by atoms with Gasteiger partial charge in [0.15, 0.2) is 23.4 Å². The summed E-state index contributed by atoms with van der Waals surface area (Å²) < 4.78 is 24.3. The van der Waals surface area contributed by atoms with Crippen molar-refractivity contribution in [2.24, 2.45) is 5.10 Å². The Morgan fingerprint density at radius 1 is 1.15 bits per heavy atom. The molecule has 0 spiro atoms. The summed E-state index contributed by atoms with van der Waals surface area (Å²) >= 11 is 10.2. The van der Waals surface area contributed by atoms with Gasteiger partial charge >= 0.3 is 5.97 Å². The second-order valence-electron chi connectivity index (χ2n) is 8.83. The average Bonchev–Trinajstić information content (AvgIpc) is 3.41. The van der Waals surface area contributed by atoms with E-state index >= 15 is 0 Å². The summed E-state index contributed by atoms with van der Waals surface area (Å²) in [7, 11) is 0. The molecule has 0 aliphatic heterocycles. The predicted octanol–water partition coefficient (Wildman–Crippen LogP) is 6.84. The van der Waals surface area contributed by atoms with Crippen LogP contribution in [-0.2, 0) is 9.53 Å². The predicted molar refractivity (Wildman–Crippen MR) is 161 cm³/mol. The van der Waals surface area contributed by atoms with E-state index in [-0.39, 0.29) is 28.8 Å². The molecule has 41 heavy (non-hydrogen) atoms. The molecule has 0 amide bonds. The lowest BCUT2D eigenvalue weighted by Gasteiger charge is -2.19. The monoisotopic (exact) mass is 637 g/mol. The number of fused-ring (bicyclic) bond motifs is 2. The van der Waals surface area contributed by atoms with Crippen LogP contribution in [0.5, 0.6) is 11.5 Å². The van der Waals surface area contributed by atoms with Crippen LogP contribution in [0.1, 0.15) is 26.3 Å². The van der Waals surface area contributed by atoms with Crippen molar-refractivity contribution in [1.82, 2.24) is 9.66 Å². The highest BCUT2D eigenvalue weighted by molar-refractivity contribution is 9.10. The standard InChI is InChI=1S/C30H25BrClN3O6/c1-4-38-23-15-19(25(31)26(32)27(23)40-17(3)30(37)39-5-2)16-33-35-28(24-14-18-10-6-9-13-22(18)41-24)34-21-12-8-7-11-20(21)29(35)36/h6-17H,4-5H2,1-3H3/t17-/m1/s1. The zero-order chi connectivity index (χ0) is 29.1. The fourth-order valence-corrected chi connectivity index (χ4v) is 4.80. The fraction of sp³-hybridized carbons (Fsp3) is 0.200. The molecule has 0 radical (unpaired) electrons. The first-order valence-corrected chi connectivity index (χ1v) is 14.0. The van der Waals surface area contributed by atoms with E-state index in [0.717, 1.165) is 5.39 Å². The highest BCUT2D eigenvalue weighted by Crippen LogP contribution is 2.43. The summed E-state index contributed by atoms with van der Waals surface area (Å²) in [5, 5.41) is 5.94. The zero-order valence-electron chi connectivity index (χ0n) is 22.4. The van der Waals surface area contributed by atoms with Crippen molar-refractivity contribution in [2.75, 3.05) is 13.2 Å². The van der Waals surface area contributed by atoms with Gasteiger partial charge in [0.2, 0.25) is 5.82 Å². The largest absolute Gasteiger partial charge is 0.490 e. The molecule has 0 N–H and O–H groups in total. The lowest BCUT2D eigenvalue weighted by atomic mass is 10.2. The van der Waals surface area contributed by atoms with E-state index in [4.69, 9.17) is 35.2 Å². The molecule has 1 atom stereocenters. The van der Waals surface area contributed by atoms with Crippen LogP contribution in [0.4, 0.5) is 0 Å². The number of esters is 1. The van der Waals surface area contributed by atoms with Crippen LogP contribution in [-0.4, -0.2) is 41.2 Å². The molecular weight excluding hydrogens is 614 g/mol. The van der Waals surface area contributed by atoms with Gasteiger partial charge in [0.25, 0.3) is 5.56 Å². The number of carbonyl (C=O) groups is 1. The van der Waals surface area contributed by atoms with Gasteiger partial charge in [-0.05, 0) is 67.0 Å². The van der Waals surface area contributed by atoms with Crippen LogP contribution in [0.25, 0.3) is 33.5 Å². The molecule has 11 heteroatoms. The zero-order valence-corrected chi connectivity index (χ0v) is 24.7. The van der Waals surface area contributed by atoms with Crippen LogP contribution in [0.2, 0.25) is 5.02 Å². The maximum absolute atomic E-state index is 13.6. The number of ether oxygens (including phenoxy) is 3. The van der Waals surface area contributed by atoms with Gasteiger partial charge in [-0.25, -0.2) is 9.78 Å². The highest BCUT2D eigenvalue weighted by Gasteiger charge is 2.24. The van der Waals surface area contributed by atoms with Gasteiger partial charge in [-0.1, -0.05) is 41.9 Å². The normalized spacial score (nSPS) is 12.2. The summed E-state index contributed by atoms with van der Waals surface area (Å²) in [4.78, 5) is 30.5. The summed E-state index contributed by atoms with van der Waals surface area (Å²) in [6.07, 6.45) is 0.535. The molecule has 3 aromatic carbocycles. The molecular formula is C30H25BrClN3O6. The Labute approximate surface area is 248 Å². The van der Waals surface area contributed by atoms with Crippen molar-refractivity contribution in [1.29, 1.82) is 0 Å². The maximum Gasteiger partial charge on any atom is 0.347 e. The van der Waals surface area contributed by atoms with E-state index in [1.807, 2.05) is 43.3 Å². The summed E-state index contributed by atoms with van der Waals surface area (Å²) in [6, 6.07) is 18.0. The van der Waals surface area contributed by atoms with Gasteiger partial charge < -0.3 is 18.6 Å². The van der Waals surface area contributed by atoms with E-state index in [1.54, 1.807) is 38.1 Å². The minimum atomic E-state index is -0.924. The minimum Gasteiger partial charge on any atom is -0.490 e. The molecule has 0 aliphatic rings. The van der Waals surface area contributed by atoms with E-state index in [9.17, 15) is 9.59 Å². The number of carbonyl (C=O) groups excluding carboxylic acids is 1. The number of hydrogen-bond donors (Lipinski definition) is 0. The summed E-state index contributed by atoms with van der Waals surface area (Å²) in [5.74, 6) is 0.547. The number of para-hydroxylation sites is 2. The van der Waals surface area contributed by atoms with Crippen LogP contribution in [0.15, 0.2) is 79.4 Å². The molecule has 5 aromatic rings. The van der Waals surface area contributed by atoms with Crippen molar-refractivity contribution >= 4 is 61.6 Å². The Balaban J connectivity index is 1.62. The molecule has 0 unspecified atom stereocenters. The average molecular weight is 639 g/mol. The highest BCUT2D eigenvalue weighted by atomic mass is 79.9. The topological polar surface area (TPSA) is 105 Å². The van der Waals surface area contributed by atoms with Gasteiger partial charge in [-0.3, -0.25) is 4.79 Å². The molecule has 0 saturated carbocycles. The number of hydrogen-bond acceptors (Lipinski definition) is 8. The summed E-state index contributed by atoms with van der Waals surface area (Å²) in [6.45, 7) is 5.61. The minimum absolute atomic E-state index is 0.162. The Morgan fingerprint density at radius 3 is 2.66 bits per heavy atom. The molecule has 0 aliphatic carbocycles. The van der Waals surface area contributed by atoms with Crippen LogP contribution in [0, 0.1) is 0 Å². The third kappa shape index (κ3) is 5.71. The van der Waals surface area contributed by atoms with E-state index < -0.39 is 12.1 Å². The quantitative estimate of drug-likeness (QED) is 0.129. The third-order valence-electron chi connectivity index (χ3n) is 6.08. The van der Waals surface area contributed by atoms with E-state index in [1.165, 1.54) is 10.9 Å². The Bertz CT molecular complexity index is 1820. The van der Waals surface area contributed by atoms with Gasteiger partial charge in [0.05, 0.1) is 30.3 Å². The first-order chi connectivity index (χ1) is 19.8. The van der Waals surface area contributed by atoms with E-state index in [0.29, 0.717) is 44.6 Å². The number of furan rings is 1. The first-order valence-electron chi connectivity index (χ1n) is 12.9. The van der Waals surface area contributed by atoms with Crippen molar-refractivity contribution in [3.8, 4) is 23.1 Å². The number of rotatable bonds is 9. The molecule has 2 aromatic heterocycles. The first kappa shape index (κ1) is 28.4. The van der Waals surface area contributed by atoms with Gasteiger partial charge in [0, 0.05) is 15.4 Å². The molecule has 5 rings (SSSR count). The Hall–Kier alpha value is -4.15. The van der Waals surface area contributed by atoms with Crippen molar-refractivity contribution < 1.29 is 23.4 Å². The number of aromatic nitrogens is 2. The van der Waals surface area contributed by atoms with Crippen LogP contribution in [0.3, 0.4) is 0 Å². The third-order valence-corrected chi connectivity index (χ3v) is 7.52.